The van der Waals surface area contributed by atoms with E-state index >= 15 is 0 Å². The Bertz CT molecular complexity index is 2600. The minimum absolute atomic E-state index is 0.0685. The van der Waals surface area contributed by atoms with Crippen molar-refractivity contribution in [2.24, 2.45) is 17.8 Å². The number of rotatable bonds is 13. The van der Waals surface area contributed by atoms with Crippen molar-refractivity contribution in [2.75, 3.05) is 48.1 Å². The summed E-state index contributed by atoms with van der Waals surface area (Å²) in [5.74, 6) is 1.89. The molecule has 7 atom stereocenters. The van der Waals surface area contributed by atoms with E-state index in [1.165, 1.54) is 27.5 Å². The van der Waals surface area contributed by atoms with Crippen LogP contribution in [-0.2, 0) is 41.8 Å². The summed E-state index contributed by atoms with van der Waals surface area (Å²) < 4.78 is 33.7. The maximum atomic E-state index is 14.2. The van der Waals surface area contributed by atoms with Crippen molar-refractivity contribution in [1.82, 2.24) is 35.1 Å². The smallest absolute Gasteiger partial charge is 0.488 e. The standard InChI is InChI=1S/C49H56N8O10/c1-26-12-37(56(21-26)47(59)43(55-49(61)65-6)29-10-8-7-9-11-29)44-50-19-35(53-44)30-14-32-24-67-40-17-31(15-33-25-66-39(16-30)41(32)42(33)40)36-20-51-45(54-36)38-13-28(23-62-3)22-57(38)46(58)34(27(2)63-4)18-52-48(60)64-5/h7-8,10,14-20,26-28,34,37-38,43H,9,11-13,21-25H2,1-6H3,(H,50,53)(H,51,54)(H,55,61)/p+1/b52-18+/t26-,27+,28-,34?,37-,38-,43+/m0/s1. The number of allylic oxidation sites excluding steroid dienone is 3. The van der Waals surface area contributed by atoms with Crippen LogP contribution in [0.2, 0.25) is 0 Å². The molecule has 4 N–H and O–H groups in total. The summed E-state index contributed by atoms with van der Waals surface area (Å²) in [6.45, 7) is 5.97. The maximum Gasteiger partial charge on any atom is 0.594 e. The lowest BCUT2D eigenvalue weighted by atomic mass is 9.87. The summed E-state index contributed by atoms with van der Waals surface area (Å²) in [6.07, 6.45) is 11.8. The fourth-order valence-corrected chi connectivity index (χ4v) is 10.1. The van der Waals surface area contributed by atoms with Crippen LogP contribution < -0.4 is 19.8 Å². The van der Waals surface area contributed by atoms with Gasteiger partial charge in [0.1, 0.15) is 48.3 Å². The number of carbonyl (C=O) groups excluding carboxylic acids is 4. The van der Waals surface area contributed by atoms with Crippen molar-refractivity contribution in [3.05, 3.63) is 83.2 Å². The van der Waals surface area contributed by atoms with Gasteiger partial charge in [0, 0.05) is 66.6 Å². The van der Waals surface area contributed by atoms with Crippen LogP contribution in [0.25, 0.3) is 33.6 Å². The lowest BCUT2D eigenvalue weighted by molar-refractivity contribution is -0.364. The highest BCUT2D eigenvalue weighted by atomic mass is 16.5. The van der Waals surface area contributed by atoms with Crippen LogP contribution in [-0.4, -0.2) is 120 Å². The number of carbonyl (C=O) groups is 4. The van der Waals surface area contributed by atoms with E-state index < -0.39 is 30.3 Å². The molecule has 4 amide bonds. The molecule has 67 heavy (non-hydrogen) atoms. The monoisotopic (exact) mass is 917 g/mol. The van der Waals surface area contributed by atoms with E-state index in [0.717, 1.165) is 74.7 Å². The molecule has 0 spiro atoms. The first-order chi connectivity index (χ1) is 32.5. The Morgan fingerprint density at radius 2 is 1.49 bits per heavy atom. The van der Waals surface area contributed by atoms with Crippen LogP contribution in [0.1, 0.15) is 74.4 Å². The number of amides is 4. The second kappa shape index (κ2) is 19.2. The van der Waals surface area contributed by atoms with Gasteiger partial charge < -0.3 is 53.5 Å². The predicted molar refractivity (Wildman–Crippen MR) is 244 cm³/mol. The lowest BCUT2D eigenvalue weighted by Gasteiger charge is -2.30. The molecule has 4 aliphatic heterocycles. The third-order valence-electron chi connectivity index (χ3n) is 13.5. The fourth-order valence-electron chi connectivity index (χ4n) is 10.1. The summed E-state index contributed by atoms with van der Waals surface area (Å²) in [5, 5.41) is 2.78. The molecule has 0 bridgehead atoms. The Balaban J connectivity index is 0.955. The van der Waals surface area contributed by atoms with E-state index in [0.29, 0.717) is 57.4 Å². The van der Waals surface area contributed by atoms with Gasteiger partial charge in [-0.3, -0.25) is 9.59 Å². The number of benzene rings is 2. The summed E-state index contributed by atoms with van der Waals surface area (Å²) in [4.78, 5) is 75.6. The van der Waals surface area contributed by atoms with Crippen LogP contribution in [0, 0.1) is 17.8 Å². The van der Waals surface area contributed by atoms with Gasteiger partial charge in [0.2, 0.25) is 11.8 Å². The number of likely N-dealkylation sites (tertiary alicyclic amines) is 2. The molecule has 2 aromatic carbocycles. The molecule has 0 saturated carbocycles. The molecule has 6 heterocycles. The Kier molecular flexibility index (Phi) is 13.0. The summed E-state index contributed by atoms with van der Waals surface area (Å²) in [7, 11) is 5.73. The number of aromatic amines is 2. The topological polar surface area (TPSA) is 214 Å². The second-order valence-electron chi connectivity index (χ2n) is 17.9. The third kappa shape index (κ3) is 8.94. The number of nitrogens with one attached hydrogen (secondary N) is 4. The van der Waals surface area contributed by atoms with E-state index in [9.17, 15) is 19.2 Å². The van der Waals surface area contributed by atoms with Crippen LogP contribution in [0.4, 0.5) is 9.59 Å². The Morgan fingerprint density at radius 3 is 2.06 bits per heavy atom. The number of aromatic nitrogens is 4. The van der Waals surface area contributed by atoms with Gasteiger partial charge in [-0.05, 0) is 68.4 Å². The number of hydrogen-bond acceptors (Lipinski definition) is 12. The highest BCUT2D eigenvalue weighted by Gasteiger charge is 2.43. The molecule has 18 heteroatoms. The van der Waals surface area contributed by atoms with Crippen molar-refractivity contribution in [3.63, 3.8) is 0 Å². The molecule has 5 aliphatic rings. The van der Waals surface area contributed by atoms with E-state index in [1.807, 2.05) is 35.3 Å². The molecular formula is C49H57N8O10+. The van der Waals surface area contributed by atoms with Gasteiger partial charge in [-0.15, -0.1) is 4.99 Å². The number of H-pyrrole nitrogens is 2. The van der Waals surface area contributed by atoms with Crippen molar-refractivity contribution < 1.29 is 52.6 Å². The molecule has 2 saturated heterocycles. The zero-order chi connectivity index (χ0) is 46.9. The summed E-state index contributed by atoms with van der Waals surface area (Å²) in [5.41, 5.74) is 8.05. The van der Waals surface area contributed by atoms with Crippen molar-refractivity contribution in [3.8, 4) is 45.1 Å². The molecule has 2 fully saturated rings. The zero-order valence-corrected chi connectivity index (χ0v) is 38.6. The van der Waals surface area contributed by atoms with Gasteiger partial charge in [-0.25, -0.2) is 14.8 Å². The number of methoxy groups -OCH3 is 4. The van der Waals surface area contributed by atoms with E-state index in [-0.39, 0.29) is 35.7 Å². The quantitative estimate of drug-likeness (QED) is 0.132. The molecule has 352 valence electrons. The number of imidazole rings is 2. The number of hydrogen-bond donors (Lipinski definition) is 4. The number of ether oxygens (including phenoxy) is 6. The third-order valence-corrected chi connectivity index (χ3v) is 13.5. The second-order valence-corrected chi connectivity index (χ2v) is 17.9. The summed E-state index contributed by atoms with van der Waals surface area (Å²) in [6, 6.07) is 6.69. The molecule has 9 rings (SSSR count). The molecule has 1 aliphatic carbocycles. The Morgan fingerprint density at radius 1 is 0.866 bits per heavy atom. The van der Waals surface area contributed by atoms with Gasteiger partial charge in [-0.2, -0.15) is 4.79 Å². The average molecular weight is 918 g/mol. The highest BCUT2D eigenvalue weighted by molar-refractivity contribution is 5.94. The van der Waals surface area contributed by atoms with Crippen LogP contribution >= 0.6 is 0 Å². The van der Waals surface area contributed by atoms with Crippen LogP contribution in [0.15, 0.2) is 60.5 Å². The molecule has 1 unspecified atom stereocenters. The van der Waals surface area contributed by atoms with Gasteiger partial charge in [0.05, 0.1) is 62.8 Å². The molecular weight excluding hydrogens is 861 g/mol. The number of alkyl carbamates (subject to hydrolysis) is 1. The van der Waals surface area contributed by atoms with Gasteiger partial charge in [-0.1, -0.05) is 25.2 Å². The fraction of sp³-hybridized carbons (Fsp3) is 0.449. The first-order valence-electron chi connectivity index (χ1n) is 22.7. The molecule has 18 nitrogen and oxygen atoms in total. The van der Waals surface area contributed by atoms with Gasteiger partial charge >= 0.3 is 12.2 Å². The Labute approximate surface area is 388 Å². The van der Waals surface area contributed by atoms with E-state index in [4.69, 9.17) is 38.4 Å². The van der Waals surface area contributed by atoms with E-state index in [1.54, 1.807) is 31.3 Å². The zero-order valence-electron chi connectivity index (χ0n) is 38.6. The van der Waals surface area contributed by atoms with Crippen molar-refractivity contribution in [1.29, 1.82) is 0 Å². The molecule has 2 aromatic heterocycles. The first kappa shape index (κ1) is 45.4. The minimum Gasteiger partial charge on any atom is -0.488 e. The van der Waals surface area contributed by atoms with Gasteiger partial charge in [0.25, 0.3) is 0 Å². The van der Waals surface area contributed by atoms with E-state index in [2.05, 4.69) is 39.3 Å². The van der Waals surface area contributed by atoms with Crippen molar-refractivity contribution >= 4 is 30.2 Å². The minimum atomic E-state index is -0.839. The average Bonchev–Trinajstić information content (AvgIpc) is 4.19. The van der Waals surface area contributed by atoms with Gasteiger partial charge in [0.15, 0.2) is 6.21 Å². The molecule has 4 aromatic rings. The highest BCUT2D eigenvalue weighted by Crippen LogP contribution is 2.51. The Hall–Kier alpha value is -6.79. The van der Waals surface area contributed by atoms with Crippen LogP contribution in [0.5, 0.6) is 11.5 Å². The maximum absolute atomic E-state index is 14.2. The number of nitrogens with zero attached hydrogens (tertiary/aromatic N) is 4. The summed E-state index contributed by atoms with van der Waals surface area (Å²) >= 11 is 0. The largest absolute Gasteiger partial charge is 0.594 e. The lowest BCUT2D eigenvalue weighted by Crippen LogP contribution is -2.75. The van der Waals surface area contributed by atoms with Crippen molar-refractivity contribution in [2.45, 2.75) is 77.0 Å². The SMILES string of the molecule is COC[C@H]1C[C@@H](c2ncc(-c3cc4c5c(c3)OCc3cc(-c6cnc([C@@H]7C[C@H](C)CN7C(=O)[C@H](NC(=O)OC)C7=CC=CCC7)[nH]6)cc(c3-5)OC4)[nH]2)N(C(=O)C(/C=[NH+]/C(=O)OC)[C@@H](C)OC)C1. The normalized spacial score (nSPS) is 21.8. The molecule has 0 radical (unpaired) electrons. The van der Waals surface area contributed by atoms with Crippen LogP contribution in [0.3, 0.4) is 0 Å². The predicted octanol–water partition coefficient (Wildman–Crippen LogP) is 4.93. The first-order valence-corrected chi connectivity index (χ1v) is 22.7.